The number of aryl methyl sites for hydroxylation is 2. The molecular formula is C13H14N2O2. The Bertz CT molecular complexity index is 514. The van der Waals surface area contributed by atoms with Gasteiger partial charge in [0, 0.05) is 11.6 Å². The fourth-order valence-electron chi connectivity index (χ4n) is 1.48. The zero-order valence-corrected chi connectivity index (χ0v) is 9.86. The van der Waals surface area contributed by atoms with E-state index in [1.165, 1.54) is 0 Å². The summed E-state index contributed by atoms with van der Waals surface area (Å²) in [6, 6.07) is 9.23. The van der Waals surface area contributed by atoms with Gasteiger partial charge in [0.25, 0.3) is 5.91 Å². The molecule has 1 aromatic heterocycles. The Morgan fingerprint density at radius 3 is 2.59 bits per heavy atom. The van der Waals surface area contributed by atoms with Crippen molar-refractivity contribution in [3.8, 4) is 0 Å². The summed E-state index contributed by atoms with van der Waals surface area (Å²) in [5.41, 5.74) is 2.51. The minimum absolute atomic E-state index is 0.106. The average Bonchev–Trinajstić information content (AvgIpc) is 2.73. The largest absolute Gasteiger partial charge is 0.361 e. The van der Waals surface area contributed by atoms with E-state index in [9.17, 15) is 4.79 Å². The Balaban J connectivity index is 1.95. The molecule has 2 rings (SSSR count). The van der Waals surface area contributed by atoms with Crippen molar-refractivity contribution in [2.45, 2.75) is 20.4 Å². The number of aromatic nitrogens is 1. The lowest BCUT2D eigenvalue weighted by atomic mass is 10.1. The number of nitrogens with zero attached hydrogens (tertiary/aromatic N) is 1. The average molecular weight is 230 g/mol. The minimum Gasteiger partial charge on any atom is -0.361 e. The van der Waals surface area contributed by atoms with Crippen LogP contribution in [0.4, 0.5) is 0 Å². The Morgan fingerprint density at radius 1 is 1.29 bits per heavy atom. The fourth-order valence-corrected chi connectivity index (χ4v) is 1.48. The standard InChI is InChI=1S/C13H14N2O2/c1-9-3-5-11(6-4-9)13(16)14-8-12-7-10(2)17-15-12/h3-7H,8H2,1-2H3,(H,14,16). The Hall–Kier alpha value is -2.10. The third-order valence-corrected chi connectivity index (χ3v) is 2.42. The molecule has 17 heavy (non-hydrogen) atoms. The van der Waals surface area contributed by atoms with Crippen LogP contribution in [-0.2, 0) is 6.54 Å². The highest BCUT2D eigenvalue weighted by Crippen LogP contribution is 2.04. The second kappa shape index (κ2) is 4.82. The topological polar surface area (TPSA) is 55.1 Å². The lowest BCUT2D eigenvalue weighted by molar-refractivity contribution is 0.0950. The maximum absolute atomic E-state index is 11.8. The van der Waals surface area contributed by atoms with Crippen LogP contribution in [0.2, 0.25) is 0 Å². The van der Waals surface area contributed by atoms with Gasteiger partial charge < -0.3 is 9.84 Å². The number of benzene rings is 1. The van der Waals surface area contributed by atoms with E-state index in [1.807, 2.05) is 26.0 Å². The summed E-state index contributed by atoms with van der Waals surface area (Å²) >= 11 is 0. The monoisotopic (exact) mass is 230 g/mol. The first kappa shape index (κ1) is 11.4. The first-order chi connectivity index (χ1) is 8.15. The van der Waals surface area contributed by atoms with Crippen LogP contribution in [0.15, 0.2) is 34.9 Å². The van der Waals surface area contributed by atoms with Crippen molar-refractivity contribution in [1.82, 2.24) is 10.5 Å². The molecule has 0 aliphatic heterocycles. The minimum atomic E-state index is -0.106. The van der Waals surface area contributed by atoms with Gasteiger partial charge in [-0.05, 0) is 26.0 Å². The van der Waals surface area contributed by atoms with E-state index in [-0.39, 0.29) is 5.91 Å². The van der Waals surface area contributed by atoms with E-state index in [0.717, 1.165) is 17.0 Å². The smallest absolute Gasteiger partial charge is 0.251 e. The van der Waals surface area contributed by atoms with Crippen LogP contribution in [0.3, 0.4) is 0 Å². The molecule has 0 radical (unpaired) electrons. The Kier molecular flexibility index (Phi) is 3.23. The van der Waals surface area contributed by atoms with Crippen molar-refractivity contribution < 1.29 is 9.32 Å². The number of carbonyl (C=O) groups is 1. The van der Waals surface area contributed by atoms with E-state index in [1.54, 1.807) is 18.2 Å². The van der Waals surface area contributed by atoms with Crippen molar-refractivity contribution in [3.63, 3.8) is 0 Å². The van der Waals surface area contributed by atoms with Gasteiger partial charge in [-0.25, -0.2) is 0 Å². The Morgan fingerprint density at radius 2 is 2.00 bits per heavy atom. The summed E-state index contributed by atoms with van der Waals surface area (Å²) in [5, 5.41) is 6.59. The molecule has 0 aliphatic carbocycles. The summed E-state index contributed by atoms with van der Waals surface area (Å²) in [4.78, 5) is 11.8. The third-order valence-electron chi connectivity index (χ3n) is 2.42. The lowest BCUT2D eigenvalue weighted by Crippen LogP contribution is -2.22. The van der Waals surface area contributed by atoms with E-state index in [2.05, 4.69) is 10.5 Å². The molecule has 1 N–H and O–H groups in total. The molecule has 1 aromatic carbocycles. The second-order valence-electron chi connectivity index (χ2n) is 3.98. The predicted molar refractivity (Wildman–Crippen MR) is 63.6 cm³/mol. The maximum Gasteiger partial charge on any atom is 0.251 e. The number of nitrogens with one attached hydrogen (secondary N) is 1. The van der Waals surface area contributed by atoms with Gasteiger partial charge in [0.05, 0.1) is 6.54 Å². The van der Waals surface area contributed by atoms with Crippen molar-refractivity contribution >= 4 is 5.91 Å². The molecule has 1 heterocycles. The molecule has 0 fully saturated rings. The van der Waals surface area contributed by atoms with Crippen molar-refractivity contribution in [3.05, 3.63) is 52.9 Å². The van der Waals surface area contributed by atoms with Gasteiger partial charge in [-0.3, -0.25) is 4.79 Å². The molecule has 0 saturated heterocycles. The van der Waals surface area contributed by atoms with E-state index in [0.29, 0.717) is 12.1 Å². The summed E-state index contributed by atoms with van der Waals surface area (Å²) in [6.07, 6.45) is 0. The van der Waals surface area contributed by atoms with Crippen LogP contribution in [-0.4, -0.2) is 11.1 Å². The van der Waals surface area contributed by atoms with Gasteiger partial charge in [-0.1, -0.05) is 22.9 Å². The lowest BCUT2D eigenvalue weighted by Gasteiger charge is -2.02. The van der Waals surface area contributed by atoms with Crippen LogP contribution in [0.5, 0.6) is 0 Å². The molecule has 1 amide bonds. The molecule has 0 unspecified atom stereocenters. The van der Waals surface area contributed by atoms with Gasteiger partial charge in [0.2, 0.25) is 0 Å². The molecule has 88 valence electrons. The summed E-state index contributed by atoms with van der Waals surface area (Å²) in [5.74, 6) is 0.634. The van der Waals surface area contributed by atoms with E-state index >= 15 is 0 Å². The molecule has 0 spiro atoms. The number of carbonyl (C=O) groups excluding carboxylic acids is 1. The van der Waals surface area contributed by atoms with Crippen molar-refractivity contribution in [1.29, 1.82) is 0 Å². The highest BCUT2D eigenvalue weighted by atomic mass is 16.5. The summed E-state index contributed by atoms with van der Waals surface area (Å²) in [6.45, 7) is 4.18. The third kappa shape index (κ3) is 2.93. The highest BCUT2D eigenvalue weighted by molar-refractivity contribution is 5.94. The quantitative estimate of drug-likeness (QED) is 0.879. The molecular weight excluding hydrogens is 216 g/mol. The van der Waals surface area contributed by atoms with E-state index < -0.39 is 0 Å². The van der Waals surface area contributed by atoms with Crippen molar-refractivity contribution in [2.24, 2.45) is 0 Å². The van der Waals surface area contributed by atoms with Gasteiger partial charge in [0.1, 0.15) is 11.5 Å². The predicted octanol–water partition coefficient (Wildman–Crippen LogP) is 2.22. The molecule has 2 aromatic rings. The highest BCUT2D eigenvalue weighted by Gasteiger charge is 2.06. The fraction of sp³-hybridized carbons (Fsp3) is 0.231. The number of hydrogen-bond donors (Lipinski definition) is 1. The van der Waals surface area contributed by atoms with Crippen LogP contribution in [0.1, 0.15) is 27.4 Å². The first-order valence-corrected chi connectivity index (χ1v) is 5.42. The van der Waals surface area contributed by atoms with Gasteiger partial charge >= 0.3 is 0 Å². The second-order valence-corrected chi connectivity index (χ2v) is 3.98. The number of amides is 1. The van der Waals surface area contributed by atoms with Crippen molar-refractivity contribution in [2.75, 3.05) is 0 Å². The van der Waals surface area contributed by atoms with Crippen LogP contribution >= 0.6 is 0 Å². The number of hydrogen-bond acceptors (Lipinski definition) is 3. The van der Waals surface area contributed by atoms with Crippen LogP contribution < -0.4 is 5.32 Å². The zero-order valence-electron chi connectivity index (χ0n) is 9.86. The summed E-state index contributed by atoms with van der Waals surface area (Å²) < 4.78 is 4.92. The van der Waals surface area contributed by atoms with Gasteiger partial charge in [-0.15, -0.1) is 0 Å². The zero-order chi connectivity index (χ0) is 12.3. The van der Waals surface area contributed by atoms with Crippen LogP contribution in [0, 0.1) is 13.8 Å². The molecule has 4 heteroatoms. The molecule has 0 saturated carbocycles. The van der Waals surface area contributed by atoms with E-state index in [4.69, 9.17) is 4.52 Å². The SMILES string of the molecule is Cc1ccc(C(=O)NCc2cc(C)on2)cc1. The number of rotatable bonds is 3. The maximum atomic E-state index is 11.8. The molecule has 4 nitrogen and oxygen atoms in total. The van der Waals surface area contributed by atoms with Gasteiger partial charge in [-0.2, -0.15) is 0 Å². The normalized spacial score (nSPS) is 10.2. The first-order valence-electron chi connectivity index (χ1n) is 5.42. The Labute approximate surface area is 99.6 Å². The van der Waals surface area contributed by atoms with Crippen LogP contribution in [0.25, 0.3) is 0 Å². The summed E-state index contributed by atoms with van der Waals surface area (Å²) in [7, 11) is 0. The van der Waals surface area contributed by atoms with Gasteiger partial charge in [0.15, 0.2) is 0 Å². The molecule has 0 aliphatic rings. The molecule has 0 atom stereocenters. The molecule has 0 bridgehead atoms.